The van der Waals surface area contributed by atoms with E-state index in [-0.39, 0.29) is 22.9 Å². The van der Waals surface area contributed by atoms with Crippen LogP contribution in [-0.2, 0) is 20.8 Å². The van der Waals surface area contributed by atoms with Gasteiger partial charge in [-0.1, -0.05) is 58.0 Å². The molecule has 1 heterocycles. The van der Waals surface area contributed by atoms with Gasteiger partial charge in [0.05, 0.1) is 0 Å². The molecule has 4 rings (SSSR count). The first-order valence-electron chi connectivity index (χ1n) is 10.8. The van der Waals surface area contributed by atoms with Gasteiger partial charge < -0.3 is 16.2 Å². The zero-order valence-electron chi connectivity index (χ0n) is 18.7. The number of nitrogens with two attached hydrogens (primary N) is 1. The molecule has 1 aliphatic carbocycles. The minimum absolute atomic E-state index is 0.0208. The van der Waals surface area contributed by atoms with E-state index in [1.165, 1.54) is 0 Å². The van der Waals surface area contributed by atoms with E-state index in [0.29, 0.717) is 25.8 Å². The van der Waals surface area contributed by atoms with Gasteiger partial charge >= 0.3 is 5.97 Å². The van der Waals surface area contributed by atoms with Crippen molar-refractivity contribution in [1.82, 2.24) is 0 Å². The molecule has 2 aliphatic rings. The summed E-state index contributed by atoms with van der Waals surface area (Å²) in [6, 6.07) is 11.6. The number of benzene rings is 2. The highest BCUT2D eigenvalue weighted by Crippen LogP contribution is 2.46. The van der Waals surface area contributed by atoms with Crippen molar-refractivity contribution in [2.24, 2.45) is 22.5 Å². The number of fused-ring (bicyclic) bond motifs is 3. The Morgan fingerprint density at radius 3 is 2.19 bits per heavy atom. The first kappa shape index (κ1) is 22.9. The van der Waals surface area contributed by atoms with Crippen molar-refractivity contribution in [2.75, 3.05) is 11.9 Å². The molecule has 0 radical (unpaired) electrons. The Kier molecular flexibility index (Phi) is 6.23. The van der Waals surface area contributed by atoms with Crippen molar-refractivity contribution < 1.29 is 19.5 Å². The number of rotatable bonds is 2. The maximum atomic E-state index is 12.9. The fourth-order valence-corrected chi connectivity index (χ4v) is 4.41. The minimum Gasteiger partial charge on any atom is -0.480 e. The van der Waals surface area contributed by atoms with Gasteiger partial charge in [-0.15, -0.1) is 0 Å². The fourth-order valence-electron chi connectivity index (χ4n) is 4.41. The highest BCUT2D eigenvalue weighted by molar-refractivity contribution is 6.11. The van der Waals surface area contributed by atoms with Crippen LogP contribution in [0.25, 0.3) is 10.8 Å². The van der Waals surface area contributed by atoms with E-state index in [0.717, 1.165) is 22.0 Å². The van der Waals surface area contributed by atoms with Crippen LogP contribution in [0.5, 0.6) is 0 Å². The molecule has 0 saturated heterocycles. The van der Waals surface area contributed by atoms with Crippen LogP contribution in [0, 0.1) is 16.7 Å². The molecule has 0 unspecified atom stereocenters. The van der Waals surface area contributed by atoms with Crippen molar-refractivity contribution in [3.8, 4) is 0 Å². The molecule has 2 aromatic rings. The van der Waals surface area contributed by atoms with Crippen molar-refractivity contribution in [3.05, 3.63) is 42.0 Å². The number of Topliss-reactive ketones (excluding diaryl/α,β-unsaturated/α-hetero) is 2. The first-order chi connectivity index (χ1) is 14.5. The predicted octanol–water partition coefficient (Wildman–Crippen LogP) is 3.81. The van der Waals surface area contributed by atoms with Gasteiger partial charge in [-0.25, -0.2) is 0 Å². The van der Waals surface area contributed by atoms with Crippen LogP contribution in [-0.4, -0.2) is 35.2 Å². The molecule has 1 saturated carbocycles. The number of ketones is 2. The number of carboxylic acids is 1. The molecule has 6 heteroatoms. The summed E-state index contributed by atoms with van der Waals surface area (Å²) >= 11 is 0. The van der Waals surface area contributed by atoms with Crippen LogP contribution in [0.1, 0.15) is 46.1 Å². The quantitative estimate of drug-likeness (QED) is 0.633. The molecule has 1 fully saturated rings. The number of nitrogens with one attached hydrogen (secondary N) is 1. The number of anilines is 1. The topological polar surface area (TPSA) is 109 Å². The molecule has 1 aliphatic heterocycles. The number of aliphatic carboxylic acids is 1. The Balaban J connectivity index is 0.000000293. The molecule has 6 nitrogen and oxygen atoms in total. The van der Waals surface area contributed by atoms with E-state index in [9.17, 15) is 14.4 Å². The van der Waals surface area contributed by atoms with Gasteiger partial charge in [0, 0.05) is 25.1 Å². The van der Waals surface area contributed by atoms with Gasteiger partial charge in [-0.05, 0) is 40.2 Å². The van der Waals surface area contributed by atoms with Crippen molar-refractivity contribution in [2.45, 2.75) is 53.0 Å². The highest BCUT2D eigenvalue weighted by atomic mass is 16.4. The molecule has 4 N–H and O–H groups in total. The number of hydrogen-bond acceptors (Lipinski definition) is 5. The largest absolute Gasteiger partial charge is 0.480 e. The summed E-state index contributed by atoms with van der Waals surface area (Å²) in [7, 11) is 0. The van der Waals surface area contributed by atoms with Gasteiger partial charge in [0.25, 0.3) is 0 Å². The summed E-state index contributed by atoms with van der Waals surface area (Å²) in [5, 5.41) is 13.9. The van der Waals surface area contributed by atoms with E-state index in [4.69, 9.17) is 10.8 Å². The maximum Gasteiger partial charge on any atom is 0.320 e. The van der Waals surface area contributed by atoms with Gasteiger partial charge in [0.2, 0.25) is 0 Å². The summed E-state index contributed by atoms with van der Waals surface area (Å²) in [5.41, 5.74) is 6.24. The smallest absolute Gasteiger partial charge is 0.320 e. The summed E-state index contributed by atoms with van der Waals surface area (Å²) < 4.78 is 0. The maximum absolute atomic E-state index is 12.9. The molecule has 0 aromatic heterocycles. The number of carboxylic acid groups (broad SMARTS) is 1. The molecular formula is C25H32N2O4. The average Bonchev–Trinajstić information content (AvgIpc) is 2.71. The van der Waals surface area contributed by atoms with Gasteiger partial charge in [0.15, 0.2) is 0 Å². The van der Waals surface area contributed by atoms with Crippen LogP contribution < -0.4 is 11.1 Å². The van der Waals surface area contributed by atoms with Gasteiger partial charge in [-0.3, -0.25) is 14.4 Å². The lowest BCUT2D eigenvalue weighted by atomic mass is 9.60. The van der Waals surface area contributed by atoms with E-state index in [2.05, 4.69) is 29.6 Å². The first-order valence-corrected chi connectivity index (χ1v) is 10.8. The lowest BCUT2D eigenvalue weighted by Crippen LogP contribution is -2.54. The summed E-state index contributed by atoms with van der Waals surface area (Å²) in [5.74, 6) is -0.706. The van der Waals surface area contributed by atoms with Crippen LogP contribution in [0.3, 0.4) is 0 Å². The second-order valence-corrected chi connectivity index (χ2v) is 9.90. The van der Waals surface area contributed by atoms with E-state index < -0.39 is 17.4 Å². The SMILES string of the molecule is CC(C)[C@H](N)C(=O)O.CC1(C)CC(=O)C2(CNc3ccc4ccccc4c3C2)C(=O)C1. The molecule has 1 spiro atoms. The average molecular weight is 425 g/mol. The number of hydrogen-bond donors (Lipinski definition) is 3. The monoisotopic (exact) mass is 424 g/mol. The van der Waals surface area contributed by atoms with Crippen LogP contribution in [0.2, 0.25) is 0 Å². The Morgan fingerprint density at radius 2 is 1.65 bits per heavy atom. The van der Waals surface area contributed by atoms with E-state index in [1.807, 2.05) is 26.0 Å². The third-order valence-electron chi connectivity index (χ3n) is 6.45. The van der Waals surface area contributed by atoms with Crippen LogP contribution >= 0.6 is 0 Å². The molecule has 166 valence electrons. The van der Waals surface area contributed by atoms with Crippen molar-refractivity contribution in [1.29, 1.82) is 0 Å². The summed E-state index contributed by atoms with van der Waals surface area (Å²) in [6.07, 6.45) is 1.51. The Hall–Kier alpha value is -2.73. The summed E-state index contributed by atoms with van der Waals surface area (Å²) in [4.78, 5) is 35.8. The Morgan fingerprint density at radius 1 is 1.03 bits per heavy atom. The molecule has 1 atom stereocenters. The molecule has 2 aromatic carbocycles. The van der Waals surface area contributed by atoms with Gasteiger partial charge in [-0.2, -0.15) is 0 Å². The van der Waals surface area contributed by atoms with Gasteiger partial charge in [0.1, 0.15) is 23.0 Å². The standard InChI is InChI=1S/C20H21NO2.C5H11NO2/c1-19(2)10-17(22)20(18(23)11-19)9-15-14-6-4-3-5-13(14)7-8-16(15)21-12-20;1-3(2)4(6)5(7)8/h3-8,21H,9-12H2,1-2H3;3-4H,6H2,1-2H3,(H,7,8)/t;4-/m.0/s1. The minimum atomic E-state index is -0.931. The third kappa shape index (κ3) is 4.49. The lowest BCUT2D eigenvalue weighted by Gasteiger charge is -2.43. The second-order valence-electron chi connectivity index (χ2n) is 9.90. The third-order valence-corrected chi connectivity index (χ3v) is 6.45. The Labute approximate surface area is 183 Å². The molecule has 0 bridgehead atoms. The summed E-state index contributed by atoms with van der Waals surface area (Å²) in [6.45, 7) is 8.01. The molecule has 31 heavy (non-hydrogen) atoms. The number of carbonyl (C=O) groups excluding carboxylic acids is 2. The lowest BCUT2D eigenvalue weighted by molar-refractivity contribution is -0.147. The molecular weight excluding hydrogens is 392 g/mol. The van der Waals surface area contributed by atoms with Crippen molar-refractivity contribution >= 4 is 34.0 Å². The zero-order valence-corrected chi connectivity index (χ0v) is 18.7. The Bertz CT molecular complexity index is 1010. The zero-order chi connectivity index (χ0) is 23.0. The van der Waals surface area contributed by atoms with E-state index in [1.54, 1.807) is 13.8 Å². The van der Waals surface area contributed by atoms with E-state index >= 15 is 0 Å². The fraction of sp³-hybridized carbons (Fsp3) is 0.480. The number of carbonyl (C=O) groups is 3. The molecule has 0 amide bonds. The second kappa shape index (κ2) is 8.42. The normalized spacial score (nSPS) is 19.9. The van der Waals surface area contributed by atoms with Crippen LogP contribution in [0.4, 0.5) is 5.69 Å². The van der Waals surface area contributed by atoms with Crippen LogP contribution in [0.15, 0.2) is 36.4 Å². The van der Waals surface area contributed by atoms with Crippen molar-refractivity contribution in [3.63, 3.8) is 0 Å². The predicted molar refractivity (Wildman–Crippen MR) is 122 cm³/mol. The highest BCUT2D eigenvalue weighted by Gasteiger charge is 2.53.